The Labute approximate surface area is 108 Å². The molecule has 2 unspecified atom stereocenters. The van der Waals surface area contributed by atoms with Gasteiger partial charge in [0.05, 0.1) is 12.6 Å². The molecule has 0 spiro atoms. The maximum absolute atomic E-state index is 5.84. The van der Waals surface area contributed by atoms with Gasteiger partial charge in [-0.1, -0.05) is 30.3 Å². The Morgan fingerprint density at radius 3 is 2.89 bits per heavy atom. The van der Waals surface area contributed by atoms with E-state index in [2.05, 4.69) is 17.2 Å². The average Bonchev–Trinajstić information content (AvgIpc) is 2.81. The van der Waals surface area contributed by atoms with Crippen molar-refractivity contribution in [2.24, 2.45) is 16.6 Å². The molecule has 1 aromatic carbocycles. The lowest BCUT2D eigenvalue weighted by Crippen LogP contribution is -2.37. The first-order valence-corrected chi connectivity index (χ1v) is 6.45. The standard InChI is InChI=1S/C14H21N3O/c1-11-13(7-8-18-11)10-17-14(15)16-9-12-5-3-2-4-6-12/h2-6,11,13H,7-10H2,1H3,(H3,15,16,17). The molecule has 3 N–H and O–H groups in total. The van der Waals surface area contributed by atoms with Crippen molar-refractivity contribution >= 4 is 5.96 Å². The Balaban J connectivity index is 1.75. The third-order valence-corrected chi connectivity index (χ3v) is 3.35. The van der Waals surface area contributed by atoms with Crippen molar-refractivity contribution in [3.05, 3.63) is 35.9 Å². The Hall–Kier alpha value is -1.55. The number of nitrogens with two attached hydrogens (primary N) is 1. The molecule has 0 saturated carbocycles. The van der Waals surface area contributed by atoms with E-state index >= 15 is 0 Å². The minimum atomic E-state index is 0.319. The van der Waals surface area contributed by atoms with Gasteiger partial charge < -0.3 is 15.8 Å². The van der Waals surface area contributed by atoms with Crippen LogP contribution >= 0.6 is 0 Å². The summed E-state index contributed by atoms with van der Waals surface area (Å²) >= 11 is 0. The van der Waals surface area contributed by atoms with E-state index in [9.17, 15) is 0 Å². The molecular weight excluding hydrogens is 226 g/mol. The molecule has 1 saturated heterocycles. The van der Waals surface area contributed by atoms with Crippen molar-refractivity contribution in [3.63, 3.8) is 0 Å². The number of nitrogens with zero attached hydrogens (tertiary/aromatic N) is 1. The smallest absolute Gasteiger partial charge is 0.188 e. The van der Waals surface area contributed by atoms with Crippen molar-refractivity contribution in [2.45, 2.75) is 26.0 Å². The van der Waals surface area contributed by atoms with Crippen LogP contribution in [0.5, 0.6) is 0 Å². The zero-order valence-electron chi connectivity index (χ0n) is 10.8. The summed E-state index contributed by atoms with van der Waals surface area (Å²) in [5, 5.41) is 3.17. The van der Waals surface area contributed by atoms with Crippen LogP contribution < -0.4 is 11.1 Å². The van der Waals surface area contributed by atoms with Gasteiger partial charge in [-0.15, -0.1) is 0 Å². The first-order valence-electron chi connectivity index (χ1n) is 6.45. The first kappa shape index (κ1) is 12.9. The predicted molar refractivity (Wildman–Crippen MR) is 73.3 cm³/mol. The Kier molecular flexibility index (Phi) is 4.59. The summed E-state index contributed by atoms with van der Waals surface area (Å²) in [6.45, 7) is 4.42. The van der Waals surface area contributed by atoms with Crippen molar-refractivity contribution in [1.29, 1.82) is 0 Å². The second-order valence-corrected chi connectivity index (χ2v) is 4.69. The third kappa shape index (κ3) is 3.74. The van der Waals surface area contributed by atoms with Crippen molar-refractivity contribution < 1.29 is 4.74 Å². The molecule has 4 heteroatoms. The molecule has 0 amide bonds. The van der Waals surface area contributed by atoms with E-state index < -0.39 is 0 Å². The minimum absolute atomic E-state index is 0.319. The predicted octanol–water partition coefficient (Wildman–Crippen LogP) is 1.52. The molecule has 0 bridgehead atoms. The van der Waals surface area contributed by atoms with E-state index in [0.29, 0.717) is 24.5 Å². The Morgan fingerprint density at radius 1 is 1.44 bits per heavy atom. The summed E-state index contributed by atoms with van der Waals surface area (Å²) in [4.78, 5) is 4.32. The second-order valence-electron chi connectivity index (χ2n) is 4.69. The molecule has 1 heterocycles. The van der Waals surface area contributed by atoms with Gasteiger partial charge in [-0.25, -0.2) is 4.99 Å². The fraction of sp³-hybridized carbons (Fsp3) is 0.500. The highest BCUT2D eigenvalue weighted by atomic mass is 16.5. The average molecular weight is 247 g/mol. The van der Waals surface area contributed by atoms with Crippen LogP contribution in [0, 0.1) is 5.92 Å². The van der Waals surface area contributed by atoms with Gasteiger partial charge in [0, 0.05) is 19.1 Å². The van der Waals surface area contributed by atoms with Crippen molar-refractivity contribution in [3.8, 4) is 0 Å². The lowest BCUT2D eigenvalue weighted by atomic mass is 10.0. The van der Waals surface area contributed by atoms with E-state index in [1.807, 2.05) is 30.3 Å². The number of nitrogens with one attached hydrogen (secondary N) is 1. The largest absolute Gasteiger partial charge is 0.378 e. The summed E-state index contributed by atoms with van der Waals surface area (Å²) in [6, 6.07) is 10.1. The number of guanidine groups is 1. The molecule has 0 aliphatic carbocycles. The highest BCUT2D eigenvalue weighted by molar-refractivity contribution is 5.77. The molecule has 1 aliphatic rings. The van der Waals surface area contributed by atoms with E-state index in [-0.39, 0.29) is 0 Å². The molecule has 18 heavy (non-hydrogen) atoms. The zero-order chi connectivity index (χ0) is 12.8. The van der Waals surface area contributed by atoms with E-state index in [1.54, 1.807) is 0 Å². The van der Waals surface area contributed by atoms with Crippen LogP contribution in [-0.4, -0.2) is 25.2 Å². The van der Waals surface area contributed by atoms with Gasteiger partial charge in [-0.05, 0) is 18.9 Å². The molecule has 2 atom stereocenters. The van der Waals surface area contributed by atoms with Gasteiger partial charge in [-0.3, -0.25) is 0 Å². The third-order valence-electron chi connectivity index (χ3n) is 3.35. The van der Waals surface area contributed by atoms with Crippen LogP contribution in [0.15, 0.2) is 35.3 Å². The normalized spacial score (nSPS) is 24.2. The zero-order valence-corrected chi connectivity index (χ0v) is 10.8. The topological polar surface area (TPSA) is 59.6 Å². The summed E-state index contributed by atoms with van der Waals surface area (Å²) in [6.07, 6.45) is 1.42. The summed E-state index contributed by atoms with van der Waals surface area (Å²) in [7, 11) is 0. The maximum atomic E-state index is 5.84. The van der Waals surface area contributed by atoms with Crippen LogP contribution in [0.1, 0.15) is 18.9 Å². The maximum Gasteiger partial charge on any atom is 0.188 e. The monoisotopic (exact) mass is 247 g/mol. The number of ether oxygens (including phenoxy) is 1. The Bertz CT molecular complexity index is 391. The molecule has 2 rings (SSSR count). The lowest BCUT2D eigenvalue weighted by Gasteiger charge is -2.14. The summed E-state index contributed by atoms with van der Waals surface area (Å²) < 4.78 is 5.51. The summed E-state index contributed by atoms with van der Waals surface area (Å²) in [5.41, 5.74) is 7.01. The number of rotatable bonds is 4. The van der Waals surface area contributed by atoms with E-state index in [4.69, 9.17) is 10.5 Å². The highest BCUT2D eigenvalue weighted by Gasteiger charge is 2.23. The molecule has 1 aliphatic heterocycles. The van der Waals surface area contributed by atoms with Crippen LogP contribution in [0.4, 0.5) is 0 Å². The van der Waals surface area contributed by atoms with Crippen LogP contribution in [0.25, 0.3) is 0 Å². The molecule has 0 radical (unpaired) electrons. The van der Waals surface area contributed by atoms with Gasteiger partial charge >= 0.3 is 0 Å². The number of aliphatic imine (C=N–C) groups is 1. The molecule has 0 aromatic heterocycles. The quantitative estimate of drug-likeness (QED) is 0.626. The fourth-order valence-corrected chi connectivity index (χ4v) is 2.10. The van der Waals surface area contributed by atoms with Gasteiger partial charge in [0.15, 0.2) is 5.96 Å². The first-order chi connectivity index (χ1) is 8.75. The lowest BCUT2D eigenvalue weighted by molar-refractivity contribution is 0.106. The minimum Gasteiger partial charge on any atom is -0.378 e. The van der Waals surface area contributed by atoms with Gasteiger partial charge in [0.25, 0.3) is 0 Å². The molecule has 4 nitrogen and oxygen atoms in total. The Morgan fingerprint density at radius 2 is 2.22 bits per heavy atom. The fourth-order valence-electron chi connectivity index (χ4n) is 2.10. The number of benzene rings is 1. The number of hydrogen-bond acceptors (Lipinski definition) is 2. The van der Waals surface area contributed by atoms with Crippen molar-refractivity contribution in [2.75, 3.05) is 13.2 Å². The van der Waals surface area contributed by atoms with Gasteiger partial charge in [0.1, 0.15) is 0 Å². The van der Waals surface area contributed by atoms with Gasteiger partial charge in [-0.2, -0.15) is 0 Å². The van der Waals surface area contributed by atoms with Crippen LogP contribution in [-0.2, 0) is 11.3 Å². The van der Waals surface area contributed by atoms with Crippen LogP contribution in [0.2, 0.25) is 0 Å². The van der Waals surface area contributed by atoms with Crippen LogP contribution in [0.3, 0.4) is 0 Å². The highest BCUT2D eigenvalue weighted by Crippen LogP contribution is 2.19. The SMILES string of the molecule is CC1OCCC1CNC(N)=NCc1ccccc1. The second kappa shape index (κ2) is 6.40. The van der Waals surface area contributed by atoms with E-state index in [0.717, 1.165) is 19.6 Å². The summed E-state index contributed by atoms with van der Waals surface area (Å²) in [5.74, 6) is 1.05. The molecule has 98 valence electrons. The van der Waals surface area contributed by atoms with Crippen molar-refractivity contribution in [1.82, 2.24) is 5.32 Å². The van der Waals surface area contributed by atoms with Gasteiger partial charge in [0.2, 0.25) is 0 Å². The van der Waals surface area contributed by atoms with E-state index in [1.165, 1.54) is 5.56 Å². The number of hydrogen-bond donors (Lipinski definition) is 2. The molecule has 1 aromatic rings. The molecule has 1 fully saturated rings. The molecular formula is C14H21N3O.